The molecule has 21 heavy (non-hydrogen) atoms. The summed E-state index contributed by atoms with van der Waals surface area (Å²) in [4.78, 5) is 19.7. The molecule has 1 aliphatic rings. The smallest absolute Gasteiger partial charge is 0.290 e. The Kier molecular flexibility index (Phi) is 8.04. The fraction of sp³-hybridized carbons (Fsp3) is 0.533. The molecule has 1 aromatic heterocycles. The van der Waals surface area contributed by atoms with Crippen molar-refractivity contribution in [1.29, 1.82) is 0 Å². The van der Waals surface area contributed by atoms with Crippen molar-refractivity contribution in [3.05, 3.63) is 23.5 Å². The van der Waals surface area contributed by atoms with E-state index in [2.05, 4.69) is 33.9 Å². The second-order valence-electron chi connectivity index (χ2n) is 4.63. The summed E-state index contributed by atoms with van der Waals surface area (Å²) in [6, 6.07) is 2.02. The third-order valence-corrected chi connectivity index (χ3v) is 2.90. The Bertz CT molecular complexity index is 457. The van der Waals surface area contributed by atoms with E-state index in [4.69, 9.17) is 14.6 Å². The number of hydrogen-bond donors (Lipinski definition) is 1. The van der Waals surface area contributed by atoms with Crippen molar-refractivity contribution in [2.75, 3.05) is 31.2 Å². The van der Waals surface area contributed by atoms with E-state index in [1.54, 1.807) is 0 Å². The van der Waals surface area contributed by atoms with Gasteiger partial charge >= 0.3 is 0 Å². The van der Waals surface area contributed by atoms with Crippen LogP contribution in [-0.2, 0) is 9.53 Å². The van der Waals surface area contributed by atoms with Crippen LogP contribution in [0.4, 0.5) is 5.95 Å². The molecule has 0 spiro atoms. The van der Waals surface area contributed by atoms with Crippen molar-refractivity contribution in [3.8, 4) is 0 Å². The van der Waals surface area contributed by atoms with E-state index in [1.807, 2.05) is 13.0 Å². The number of aryl methyl sites for hydroxylation is 1. The van der Waals surface area contributed by atoms with Gasteiger partial charge in [0.05, 0.1) is 18.9 Å². The maximum Gasteiger partial charge on any atom is 0.290 e. The predicted octanol–water partition coefficient (Wildman–Crippen LogP) is 2.14. The van der Waals surface area contributed by atoms with Gasteiger partial charge in [0, 0.05) is 18.8 Å². The largest absolute Gasteiger partial charge is 0.483 e. The third kappa shape index (κ3) is 6.35. The first-order valence-corrected chi connectivity index (χ1v) is 7.14. The molecule has 0 saturated carbocycles. The van der Waals surface area contributed by atoms with Crippen LogP contribution in [0.25, 0.3) is 6.08 Å². The summed E-state index contributed by atoms with van der Waals surface area (Å²) in [5.74, 6) is 0.828. The topological polar surface area (TPSA) is 75.5 Å². The van der Waals surface area contributed by atoms with Gasteiger partial charge in [-0.3, -0.25) is 4.79 Å². The van der Waals surface area contributed by atoms with Crippen LogP contribution in [0.2, 0.25) is 0 Å². The van der Waals surface area contributed by atoms with Crippen LogP contribution in [0.5, 0.6) is 0 Å². The highest BCUT2D eigenvalue weighted by Crippen LogP contribution is 2.13. The molecule has 2 heterocycles. The van der Waals surface area contributed by atoms with Gasteiger partial charge in [-0.2, -0.15) is 0 Å². The molecule has 1 aromatic rings. The number of carbonyl (C=O) groups is 1. The first-order chi connectivity index (χ1) is 10.2. The quantitative estimate of drug-likeness (QED) is 0.857. The Morgan fingerprint density at radius 1 is 1.38 bits per heavy atom. The van der Waals surface area contributed by atoms with E-state index >= 15 is 0 Å². The number of morpholine rings is 1. The van der Waals surface area contributed by atoms with Crippen LogP contribution < -0.4 is 4.90 Å². The Morgan fingerprint density at radius 3 is 2.67 bits per heavy atom. The predicted molar refractivity (Wildman–Crippen MR) is 82.4 cm³/mol. The molecule has 116 valence electrons. The van der Waals surface area contributed by atoms with Gasteiger partial charge in [0.1, 0.15) is 0 Å². The summed E-state index contributed by atoms with van der Waals surface area (Å²) in [6.07, 6.45) is 6.51. The average Bonchev–Trinajstić information content (AvgIpc) is 2.49. The molecule has 0 aromatic carbocycles. The summed E-state index contributed by atoms with van der Waals surface area (Å²) in [5.41, 5.74) is 2.01. The molecule has 0 amide bonds. The van der Waals surface area contributed by atoms with Crippen LogP contribution in [0.15, 0.2) is 12.1 Å². The van der Waals surface area contributed by atoms with Gasteiger partial charge in [-0.15, -0.1) is 0 Å². The lowest BCUT2D eigenvalue weighted by Gasteiger charge is -2.27. The van der Waals surface area contributed by atoms with E-state index in [0.29, 0.717) is 0 Å². The number of allylic oxidation sites excluding steroid dienone is 1. The summed E-state index contributed by atoms with van der Waals surface area (Å²) in [7, 11) is 0. The van der Waals surface area contributed by atoms with Crippen molar-refractivity contribution < 1.29 is 14.6 Å². The molecule has 2 rings (SSSR count). The van der Waals surface area contributed by atoms with E-state index in [-0.39, 0.29) is 6.47 Å². The number of rotatable bonds is 4. The second-order valence-corrected chi connectivity index (χ2v) is 4.63. The molecule has 6 heteroatoms. The van der Waals surface area contributed by atoms with Gasteiger partial charge in [0.2, 0.25) is 5.95 Å². The highest BCUT2D eigenvalue weighted by Gasteiger charge is 2.14. The standard InChI is InChI=1S/C14H21N3O.CH2O2/c1-3-4-5-6-13-11-12(2)15-14(16-13)17-7-9-18-10-8-17;2-1-3/h5-6,11H,3-4,7-10H2,1-2H3;1H,(H,2,3)/b6-5+;. The summed E-state index contributed by atoms with van der Waals surface area (Å²) in [6.45, 7) is 7.22. The number of anilines is 1. The van der Waals surface area contributed by atoms with Crippen LogP contribution in [-0.4, -0.2) is 47.8 Å². The lowest BCUT2D eigenvalue weighted by Crippen LogP contribution is -2.37. The first-order valence-electron chi connectivity index (χ1n) is 7.14. The van der Waals surface area contributed by atoms with Crippen molar-refractivity contribution in [1.82, 2.24) is 9.97 Å². The average molecular weight is 293 g/mol. The van der Waals surface area contributed by atoms with Crippen molar-refractivity contribution in [3.63, 3.8) is 0 Å². The van der Waals surface area contributed by atoms with Crippen LogP contribution >= 0.6 is 0 Å². The van der Waals surface area contributed by atoms with Gasteiger partial charge in [0.25, 0.3) is 6.47 Å². The number of unbranched alkanes of at least 4 members (excludes halogenated alkanes) is 1. The van der Waals surface area contributed by atoms with Gasteiger partial charge in [-0.1, -0.05) is 19.4 Å². The molecule has 0 radical (unpaired) electrons. The molecule has 1 aliphatic heterocycles. The monoisotopic (exact) mass is 293 g/mol. The second kappa shape index (κ2) is 9.88. The highest BCUT2D eigenvalue weighted by atomic mass is 16.5. The Hall–Kier alpha value is -1.95. The van der Waals surface area contributed by atoms with Crippen molar-refractivity contribution >= 4 is 18.5 Å². The lowest BCUT2D eigenvalue weighted by molar-refractivity contribution is -0.122. The molecule has 1 N–H and O–H groups in total. The SMILES string of the molecule is CCC/C=C/c1cc(C)nc(N2CCOCC2)n1.O=CO. The zero-order valence-corrected chi connectivity index (χ0v) is 12.7. The number of ether oxygens (including phenoxy) is 1. The van der Waals surface area contributed by atoms with Crippen LogP contribution in [0, 0.1) is 6.92 Å². The third-order valence-electron chi connectivity index (χ3n) is 2.90. The molecule has 0 aliphatic carbocycles. The Balaban J connectivity index is 0.000000677. The van der Waals surface area contributed by atoms with E-state index in [9.17, 15) is 0 Å². The molecular weight excluding hydrogens is 270 g/mol. The summed E-state index contributed by atoms with van der Waals surface area (Å²) in [5, 5.41) is 6.89. The summed E-state index contributed by atoms with van der Waals surface area (Å²) < 4.78 is 5.35. The number of nitrogens with zero attached hydrogens (tertiary/aromatic N) is 3. The van der Waals surface area contributed by atoms with E-state index in [1.165, 1.54) is 0 Å². The van der Waals surface area contributed by atoms with Gasteiger partial charge < -0.3 is 14.7 Å². The van der Waals surface area contributed by atoms with E-state index in [0.717, 1.165) is 56.5 Å². The minimum atomic E-state index is -0.250. The molecule has 6 nitrogen and oxygen atoms in total. The fourth-order valence-electron chi connectivity index (χ4n) is 1.94. The number of aromatic nitrogens is 2. The van der Waals surface area contributed by atoms with E-state index < -0.39 is 0 Å². The van der Waals surface area contributed by atoms with Crippen LogP contribution in [0.1, 0.15) is 31.2 Å². The zero-order valence-electron chi connectivity index (χ0n) is 12.7. The molecule has 1 fully saturated rings. The maximum atomic E-state index is 8.36. The minimum absolute atomic E-state index is 0.250. The van der Waals surface area contributed by atoms with Gasteiger partial charge in [0.15, 0.2) is 0 Å². The van der Waals surface area contributed by atoms with Gasteiger partial charge in [-0.05, 0) is 25.5 Å². The van der Waals surface area contributed by atoms with Crippen molar-refractivity contribution in [2.24, 2.45) is 0 Å². The zero-order chi connectivity index (χ0) is 15.5. The lowest BCUT2D eigenvalue weighted by atomic mass is 10.2. The minimum Gasteiger partial charge on any atom is -0.483 e. The number of carboxylic acid groups (broad SMARTS) is 1. The first kappa shape index (κ1) is 17.1. The van der Waals surface area contributed by atoms with Gasteiger partial charge in [-0.25, -0.2) is 9.97 Å². The summed E-state index contributed by atoms with van der Waals surface area (Å²) >= 11 is 0. The molecule has 0 unspecified atom stereocenters. The normalized spacial score (nSPS) is 14.7. The molecule has 0 atom stereocenters. The molecule has 0 bridgehead atoms. The Morgan fingerprint density at radius 2 is 2.05 bits per heavy atom. The fourth-order valence-corrected chi connectivity index (χ4v) is 1.94. The number of hydrogen-bond acceptors (Lipinski definition) is 5. The highest BCUT2D eigenvalue weighted by molar-refractivity contribution is 5.48. The Labute approximate surface area is 125 Å². The van der Waals surface area contributed by atoms with Crippen molar-refractivity contribution in [2.45, 2.75) is 26.7 Å². The van der Waals surface area contributed by atoms with Crippen LogP contribution in [0.3, 0.4) is 0 Å². The molecule has 1 saturated heterocycles. The maximum absolute atomic E-state index is 8.36. The molecular formula is C15H23N3O3.